The maximum Gasteiger partial charge on any atom is 0.00763 e. The maximum atomic E-state index is 5.88. The lowest BCUT2D eigenvalue weighted by Gasteiger charge is -2.15. The molecule has 2 aliphatic carbocycles. The zero-order valence-corrected chi connectivity index (χ0v) is 9.42. The molecule has 0 radical (unpaired) electrons. The normalized spacial score (nSPS) is 26.4. The monoisotopic (exact) mass is 201 g/mol. The van der Waals surface area contributed by atoms with Crippen molar-refractivity contribution in [3.8, 4) is 0 Å². The highest BCUT2D eigenvalue weighted by Crippen LogP contribution is 2.48. The van der Waals surface area contributed by atoms with Gasteiger partial charge in [0, 0.05) is 12.0 Å². The number of aryl methyl sites for hydroxylation is 1. The summed E-state index contributed by atoms with van der Waals surface area (Å²) in [6.07, 6.45) is 5.17. The van der Waals surface area contributed by atoms with Crippen LogP contribution in [0.25, 0.3) is 0 Å². The van der Waals surface area contributed by atoms with Gasteiger partial charge in [0.15, 0.2) is 0 Å². The van der Waals surface area contributed by atoms with Gasteiger partial charge in [-0.3, -0.25) is 0 Å². The Morgan fingerprint density at radius 1 is 1.40 bits per heavy atom. The van der Waals surface area contributed by atoms with E-state index in [0.717, 1.165) is 12.5 Å². The van der Waals surface area contributed by atoms with Crippen molar-refractivity contribution in [2.75, 3.05) is 6.54 Å². The Morgan fingerprint density at radius 3 is 2.87 bits per heavy atom. The van der Waals surface area contributed by atoms with Crippen LogP contribution in [0.2, 0.25) is 0 Å². The molecule has 15 heavy (non-hydrogen) atoms. The van der Waals surface area contributed by atoms with Gasteiger partial charge in [0.2, 0.25) is 0 Å². The number of fused-ring (bicyclic) bond motifs is 1. The fourth-order valence-corrected chi connectivity index (χ4v) is 2.90. The summed E-state index contributed by atoms with van der Waals surface area (Å²) in [5.74, 6) is 0.758. The van der Waals surface area contributed by atoms with Crippen molar-refractivity contribution in [3.63, 3.8) is 0 Å². The summed E-state index contributed by atoms with van der Waals surface area (Å²) in [6.45, 7) is 3.16. The smallest absolute Gasteiger partial charge is 0.00763 e. The third kappa shape index (κ3) is 1.33. The number of nitrogens with two attached hydrogens (primary N) is 1. The van der Waals surface area contributed by atoms with Crippen LogP contribution in [0.4, 0.5) is 0 Å². The molecule has 3 rings (SSSR count). The molecule has 0 amide bonds. The number of rotatable bonds is 2. The molecule has 1 atom stereocenters. The van der Waals surface area contributed by atoms with Gasteiger partial charge < -0.3 is 5.73 Å². The molecule has 0 aromatic heterocycles. The number of benzene rings is 1. The van der Waals surface area contributed by atoms with E-state index in [4.69, 9.17) is 5.73 Å². The summed E-state index contributed by atoms with van der Waals surface area (Å²) < 4.78 is 0. The van der Waals surface area contributed by atoms with E-state index >= 15 is 0 Å². The highest BCUT2D eigenvalue weighted by Gasteiger charge is 2.43. The minimum atomic E-state index is 0.358. The summed E-state index contributed by atoms with van der Waals surface area (Å²) in [5, 5.41) is 0. The minimum Gasteiger partial charge on any atom is -0.330 e. The van der Waals surface area contributed by atoms with E-state index in [-0.39, 0.29) is 0 Å². The average Bonchev–Trinajstić information content (AvgIpc) is 2.99. The van der Waals surface area contributed by atoms with Crippen molar-refractivity contribution in [1.82, 2.24) is 0 Å². The van der Waals surface area contributed by atoms with Crippen LogP contribution in [0.15, 0.2) is 18.2 Å². The van der Waals surface area contributed by atoms with Crippen LogP contribution in [0, 0.1) is 0 Å². The van der Waals surface area contributed by atoms with Gasteiger partial charge in [-0.1, -0.05) is 25.1 Å². The molecule has 1 unspecified atom stereocenters. The lowest BCUT2D eigenvalue weighted by atomic mass is 9.91. The van der Waals surface area contributed by atoms with Gasteiger partial charge in [-0.05, 0) is 48.3 Å². The van der Waals surface area contributed by atoms with Crippen LogP contribution in [-0.4, -0.2) is 6.54 Å². The second-order valence-electron chi connectivity index (χ2n) is 5.34. The lowest BCUT2D eigenvalue weighted by molar-refractivity contribution is 0.699. The first kappa shape index (κ1) is 9.41. The number of hydrogen-bond acceptors (Lipinski definition) is 1. The van der Waals surface area contributed by atoms with Gasteiger partial charge in [-0.2, -0.15) is 0 Å². The summed E-state index contributed by atoms with van der Waals surface area (Å²) >= 11 is 0. The number of hydrogen-bond donors (Lipinski definition) is 1. The van der Waals surface area contributed by atoms with Gasteiger partial charge in [0.1, 0.15) is 0 Å². The summed E-state index contributed by atoms with van der Waals surface area (Å²) in [6, 6.07) is 7.09. The predicted molar refractivity (Wildman–Crippen MR) is 63.1 cm³/mol. The Kier molecular flexibility index (Phi) is 1.93. The third-order valence-electron chi connectivity index (χ3n) is 4.38. The first-order valence-electron chi connectivity index (χ1n) is 6.08. The van der Waals surface area contributed by atoms with E-state index in [1.165, 1.54) is 31.2 Å². The van der Waals surface area contributed by atoms with Crippen LogP contribution in [-0.2, 0) is 11.8 Å². The molecule has 2 N–H and O–H groups in total. The van der Waals surface area contributed by atoms with Crippen molar-refractivity contribution < 1.29 is 0 Å². The zero-order chi connectivity index (χ0) is 10.5. The molecular weight excluding hydrogens is 182 g/mol. The molecule has 80 valence electrons. The van der Waals surface area contributed by atoms with Crippen molar-refractivity contribution in [3.05, 3.63) is 34.9 Å². The summed E-state index contributed by atoms with van der Waals surface area (Å²) in [5.41, 5.74) is 10.9. The van der Waals surface area contributed by atoms with Crippen LogP contribution >= 0.6 is 0 Å². The van der Waals surface area contributed by atoms with Crippen LogP contribution in [0.3, 0.4) is 0 Å². The van der Waals surface area contributed by atoms with E-state index in [1.54, 1.807) is 11.1 Å². The Hall–Kier alpha value is -0.820. The highest BCUT2D eigenvalue weighted by molar-refractivity contribution is 5.43. The molecule has 0 saturated heterocycles. The summed E-state index contributed by atoms with van der Waals surface area (Å²) in [7, 11) is 0. The second-order valence-corrected chi connectivity index (χ2v) is 5.34. The van der Waals surface area contributed by atoms with Crippen molar-refractivity contribution in [2.45, 2.75) is 43.9 Å². The van der Waals surface area contributed by atoms with Gasteiger partial charge in [0.25, 0.3) is 0 Å². The molecule has 1 saturated carbocycles. The van der Waals surface area contributed by atoms with E-state index in [2.05, 4.69) is 25.1 Å². The van der Waals surface area contributed by atoms with Crippen LogP contribution in [0.1, 0.15) is 48.8 Å². The molecule has 0 spiro atoms. The van der Waals surface area contributed by atoms with Crippen LogP contribution in [0.5, 0.6) is 0 Å². The Morgan fingerprint density at radius 2 is 2.20 bits per heavy atom. The lowest BCUT2D eigenvalue weighted by Crippen LogP contribution is -2.19. The Balaban J connectivity index is 2.02. The Labute approximate surface area is 91.7 Å². The average molecular weight is 201 g/mol. The first-order valence-corrected chi connectivity index (χ1v) is 6.08. The van der Waals surface area contributed by atoms with E-state index in [9.17, 15) is 0 Å². The molecule has 0 heterocycles. The van der Waals surface area contributed by atoms with Gasteiger partial charge in [0.05, 0.1) is 0 Å². The predicted octanol–water partition coefficient (Wildman–Crippen LogP) is 2.73. The fraction of sp³-hybridized carbons (Fsp3) is 0.571. The molecule has 0 aliphatic heterocycles. The molecule has 0 bridgehead atoms. The molecule has 1 aromatic rings. The van der Waals surface area contributed by atoms with Crippen molar-refractivity contribution in [1.29, 1.82) is 0 Å². The zero-order valence-electron chi connectivity index (χ0n) is 9.42. The Bertz CT molecular complexity index is 390. The van der Waals surface area contributed by atoms with Gasteiger partial charge in [-0.25, -0.2) is 0 Å². The quantitative estimate of drug-likeness (QED) is 0.782. The highest BCUT2D eigenvalue weighted by atomic mass is 14.7. The van der Waals surface area contributed by atoms with Crippen molar-refractivity contribution >= 4 is 0 Å². The standard InChI is InChI=1S/C14H19N/c1-10-2-3-11-4-5-12(8-13(10)11)14(9-15)6-7-14/h4-5,8,10H,2-3,6-7,9,15H2,1H3. The van der Waals surface area contributed by atoms with E-state index < -0.39 is 0 Å². The third-order valence-corrected chi connectivity index (χ3v) is 4.38. The topological polar surface area (TPSA) is 26.0 Å². The summed E-state index contributed by atoms with van der Waals surface area (Å²) in [4.78, 5) is 0. The molecule has 1 aromatic carbocycles. The van der Waals surface area contributed by atoms with E-state index in [0.29, 0.717) is 5.41 Å². The largest absolute Gasteiger partial charge is 0.330 e. The first-order chi connectivity index (χ1) is 7.25. The second kappa shape index (κ2) is 3.08. The minimum absolute atomic E-state index is 0.358. The molecule has 2 aliphatic rings. The fourth-order valence-electron chi connectivity index (χ4n) is 2.90. The molecule has 1 fully saturated rings. The molecular formula is C14H19N. The maximum absolute atomic E-state index is 5.88. The molecule has 1 heteroatoms. The van der Waals surface area contributed by atoms with Gasteiger partial charge in [-0.15, -0.1) is 0 Å². The molecule has 1 nitrogen and oxygen atoms in total. The SMILES string of the molecule is CC1CCc2ccc(C3(CN)CC3)cc21. The van der Waals surface area contributed by atoms with Crippen LogP contribution < -0.4 is 5.73 Å². The van der Waals surface area contributed by atoms with Gasteiger partial charge >= 0.3 is 0 Å². The van der Waals surface area contributed by atoms with Crippen molar-refractivity contribution in [2.24, 2.45) is 5.73 Å². The van der Waals surface area contributed by atoms with E-state index in [1.807, 2.05) is 0 Å².